The van der Waals surface area contributed by atoms with Gasteiger partial charge in [-0.15, -0.1) is 11.6 Å². The van der Waals surface area contributed by atoms with Crippen LogP contribution in [0.1, 0.15) is 94.1 Å². The zero-order valence-corrected chi connectivity index (χ0v) is 14.5. The van der Waals surface area contributed by atoms with Crippen LogP contribution in [-0.4, -0.2) is 0 Å². The monoisotopic (exact) mass is 306 g/mol. The fourth-order valence-corrected chi connectivity index (χ4v) is 4.24. The van der Waals surface area contributed by atoms with Crippen molar-refractivity contribution >= 4 is 11.6 Å². The summed E-state index contributed by atoms with van der Waals surface area (Å²) in [6.45, 7) is 4.52. The summed E-state index contributed by atoms with van der Waals surface area (Å²) >= 11 is 6.77. The smallest absolute Gasteiger partial charge is 0.0613 e. The Bertz CT molecular complexity index is 383. The molecule has 0 amide bonds. The molecule has 1 unspecified atom stereocenters. The van der Waals surface area contributed by atoms with Crippen molar-refractivity contribution in [2.75, 3.05) is 0 Å². The van der Waals surface area contributed by atoms with Gasteiger partial charge >= 0.3 is 0 Å². The van der Waals surface area contributed by atoms with Crippen LogP contribution in [0.2, 0.25) is 0 Å². The lowest BCUT2D eigenvalue weighted by Gasteiger charge is -2.24. The molecule has 0 aromatic heterocycles. The number of rotatable bonds is 7. The molecule has 1 aliphatic rings. The van der Waals surface area contributed by atoms with Crippen molar-refractivity contribution in [3.8, 4) is 0 Å². The van der Waals surface area contributed by atoms with Crippen LogP contribution in [0.4, 0.5) is 0 Å². The summed E-state index contributed by atoms with van der Waals surface area (Å²) in [5.41, 5.74) is 2.85. The molecule has 1 aromatic carbocycles. The van der Waals surface area contributed by atoms with Crippen molar-refractivity contribution in [1.29, 1.82) is 0 Å². The van der Waals surface area contributed by atoms with Crippen LogP contribution >= 0.6 is 11.6 Å². The van der Waals surface area contributed by atoms with Crippen LogP contribution in [-0.2, 0) is 0 Å². The summed E-state index contributed by atoms with van der Waals surface area (Å²) < 4.78 is 0. The van der Waals surface area contributed by atoms with Gasteiger partial charge in [0.2, 0.25) is 0 Å². The Morgan fingerprint density at radius 3 is 2.05 bits per heavy atom. The maximum absolute atomic E-state index is 6.77. The zero-order chi connectivity index (χ0) is 15.1. The predicted molar refractivity (Wildman–Crippen MR) is 94.2 cm³/mol. The maximum atomic E-state index is 6.77. The molecule has 0 spiro atoms. The van der Waals surface area contributed by atoms with Gasteiger partial charge in [0.25, 0.3) is 0 Å². The lowest BCUT2D eigenvalue weighted by Crippen LogP contribution is -2.09. The third-order valence-electron chi connectivity index (χ3n) is 5.06. The molecule has 0 radical (unpaired) electrons. The van der Waals surface area contributed by atoms with Crippen molar-refractivity contribution in [1.82, 2.24) is 0 Å². The number of hydrogen-bond donors (Lipinski definition) is 0. The summed E-state index contributed by atoms with van der Waals surface area (Å²) in [5, 5.41) is 0.185. The molecule has 0 bridgehead atoms. The molecule has 118 valence electrons. The second-order valence-electron chi connectivity index (χ2n) is 6.74. The number of alkyl halides is 1. The minimum atomic E-state index is 0.185. The van der Waals surface area contributed by atoms with Crippen LogP contribution in [0, 0.1) is 5.92 Å². The van der Waals surface area contributed by atoms with Crippen LogP contribution in [0.25, 0.3) is 0 Å². The molecule has 0 saturated heterocycles. The SMILES string of the molecule is CCCC(CCC)C(Cl)c1ccc(C2CCCCC2)cc1. The molecule has 1 aromatic rings. The molecule has 0 nitrogen and oxygen atoms in total. The van der Waals surface area contributed by atoms with Crippen LogP contribution in [0.3, 0.4) is 0 Å². The molecule has 0 aliphatic heterocycles. The molecule has 1 saturated carbocycles. The maximum Gasteiger partial charge on any atom is 0.0613 e. The van der Waals surface area contributed by atoms with E-state index in [2.05, 4.69) is 38.1 Å². The predicted octanol–water partition coefficient (Wildman–Crippen LogP) is 7.23. The topological polar surface area (TPSA) is 0 Å². The van der Waals surface area contributed by atoms with Gasteiger partial charge in [-0.25, -0.2) is 0 Å². The van der Waals surface area contributed by atoms with Gasteiger partial charge in [0.15, 0.2) is 0 Å². The van der Waals surface area contributed by atoms with E-state index < -0.39 is 0 Å². The van der Waals surface area contributed by atoms with E-state index in [-0.39, 0.29) is 5.38 Å². The number of benzene rings is 1. The zero-order valence-electron chi connectivity index (χ0n) is 13.8. The largest absolute Gasteiger partial charge is 0.118 e. The lowest BCUT2D eigenvalue weighted by molar-refractivity contribution is 0.425. The second kappa shape index (κ2) is 8.83. The third kappa shape index (κ3) is 4.74. The molecule has 21 heavy (non-hydrogen) atoms. The van der Waals surface area contributed by atoms with Crippen molar-refractivity contribution in [3.63, 3.8) is 0 Å². The van der Waals surface area contributed by atoms with Gasteiger partial charge in [0, 0.05) is 0 Å². The van der Waals surface area contributed by atoms with Crippen LogP contribution < -0.4 is 0 Å². The van der Waals surface area contributed by atoms with Gasteiger partial charge in [0.1, 0.15) is 0 Å². The number of hydrogen-bond acceptors (Lipinski definition) is 0. The van der Waals surface area contributed by atoms with Crippen molar-refractivity contribution in [2.24, 2.45) is 5.92 Å². The third-order valence-corrected chi connectivity index (χ3v) is 5.67. The average Bonchev–Trinajstić information content (AvgIpc) is 2.55. The molecular weight excluding hydrogens is 276 g/mol. The Kier molecular flexibility index (Phi) is 7.10. The van der Waals surface area contributed by atoms with E-state index in [0.29, 0.717) is 5.92 Å². The fraction of sp³-hybridized carbons (Fsp3) is 0.700. The van der Waals surface area contributed by atoms with E-state index in [1.807, 2.05) is 0 Å². The lowest BCUT2D eigenvalue weighted by atomic mass is 9.83. The second-order valence-corrected chi connectivity index (χ2v) is 7.21. The van der Waals surface area contributed by atoms with Crippen LogP contribution in [0.15, 0.2) is 24.3 Å². The Labute approximate surface area is 136 Å². The Hall–Kier alpha value is -0.490. The van der Waals surface area contributed by atoms with E-state index in [9.17, 15) is 0 Å². The average molecular weight is 307 g/mol. The minimum Gasteiger partial charge on any atom is -0.118 e. The highest BCUT2D eigenvalue weighted by Crippen LogP contribution is 2.37. The molecular formula is C20H31Cl. The molecule has 1 atom stereocenters. The summed E-state index contributed by atoms with van der Waals surface area (Å²) in [6.07, 6.45) is 11.9. The quantitative estimate of drug-likeness (QED) is 0.466. The summed E-state index contributed by atoms with van der Waals surface area (Å²) in [5.74, 6) is 1.42. The number of halogens is 1. The van der Waals surface area contributed by atoms with Crippen LogP contribution in [0.5, 0.6) is 0 Å². The van der Waals surface area contributed by atoms with E-state index in [1.54, 1.807) is 0 Å². The first-order chi connectivity index (χ1) is 10.3. The van der Waals surface area contributed by atoms with Crippen molar-refractivity contribution < 1.29 is 0 Å². The molecule has 0 heterocycles. The minimum absolute atomic E-state index is 0.185. The van der Waals surface area contributed by atoms with E-state index in [0.717, 1.165) is 5.92 Å². The van der Waals surface area contributed by atoms with E-state index in [4.69, 9.17) is 11.6 Å². The summed E-state index contributed by atoms with van der Waals surface area (Å²) in [7, 11) is 0. The summed E-state index contributed by atoms with van der Waals surface area (Å²) in [6, 6.07) is 9.27. The Balaban J connectivity index is 2.02. The first-order valence-corrected chi connectivity index (χ1v) is 9.43. The van der Waals surface area contributed by atoms with Gasteiger partial charge in [-0.1, -0.05) is 70.2 Å². The first-order valence-electron chi connectivity index (χ1n) is 9.00. The van der Waals surface area contributed by atoms with Crippen molar-refractivity contribution in [3.05, 3.63) is 35.4 Å². The van der Waals surface area contributed by atoms with E-state index >= 15 is 0 Å². The Morgan fingerprint density at radius 2 is 1.52 bits per heavy atom. The van der Waals surface area contributed by atoms with E-state index in [1.165, 1.54) is 68.9 Å². The van der Waals surface area contributed by atoms with Gasteiger partial charge in [0.05, 0.1) is 5.38 Å². The molecule has 1 fully saturated rings. The molecule has 1 aliphatic carbocycles. The van der Waals surface area contributed by atoms with Gasteiger partial charge in [-0.2, -0.15) is 0 Å². The first kappa shape index (κ1) is 16.9. The highest BCUT2D eigenvalue weighted by Gasteiger charge is 2.20. The standard InChI is InChI=1S/C20H31Cl/c1-3-8-18(9-4-2)20(21)19-14-12-17(13-15-19)16-10-6-5-7-11-16/h12-16,18,20H,3-11H2,1-2H3. The Morgan fingerprint density at radius 1 is 0.952 bits per heavy atom. The summed E-state index contributed by atoms with van der Waals surface area (Å²) in [4.78, 5) is 0. The van der Waals surface area contributed by atoms with Crippen molar-refractivity contribution in [2.45, 2.75) is 82.9 Å². The molecule has 1 heteroatoms. The van der Waals surface area contributed by atoms with Gasteiger partial charge < -0.3 is 0 Å². The molecule has 0 N–H and O–H groups in total. The highest BCUT2D eigenvalue weighted by molar-refractivity contribution is 6.21. The highest BCUT2D eigenvalue weighted by atomic mass is 35.5. The van der Waals surface area contributed by atoms with Gasteiger partial charge in [-0.05, 0) is 48.6 Å². The molecule has 2 rings (SSSR count). The fourth-order valence-electron chi connectivity index (χ4n) is 3.84. The van der Waals surface area contributed by atoms with Gasteiger partial charge in [-0.3, -0.25) is 0 Å². The normalized spacial score (nSPS) is 18.1.